The number of hydrogen-bond acceptors (Lipinski definition) is 4. The lowest BCUT2D eigenvalue weighted by Gasteiger charge is -2.39. The molecule has 0 bridgehead atoms. The van der Waals surface area contributed by atoms with E-state index >= 15 is 0 Å². The van der Waals surface area contributed by atoms with Crippen LogP contribution < -0.4 is 0 Å². The van der Waals surface area contributed by atoms with Gasteiger partial charge in [0.25, 0.3) is 5.91 Å². The monoisotopic (exact) mass is 241 g/mol. The largest absolute Gasteiger partial charge is 0.368 e. The fraction of sp³-hybridized carbons (Fsp3) is 0.917. The lowest BCUT2D eigenvalue weighted by molar-refractivity contribution is -0.195. The summed E-state index contributed by atoms with van der Waals surface area (Å²) in [5, 5.41) is 0. The molecule has 3 rings (SSSR count). The Balaban J connectivity index is 1.64. The molecule has 0 aliphatic carbocycles. The minimum absolute atomic E-state index is 0.112. The van der Waals surface area contributed by atoms with Gasteiger partial charge in [0, 0.05) is 19.6 Å². The van der Waals surface area contributed by atoms with E-state index in [-0.39, 0.29) is 12.0 Å². The Bertz CT molecular complexity index is 295. The fourth-order valence-electron chi connectivity index (χ4n) is 2.88. The average molecular weight is 241 g/mol. The highest BCUT2D eigenvalue weighted by molar-refractivity contribution is 5.81. The van der Waals surface area contributed by atoms with Crippen LogP contribution in [0.3, 0.4) is 0 Å². The van der Waals surface area contributed by atoms with Crippen LogP contribution in [0.5, 0.6) is 0 Å². The Kier molecular flexibility index (Phi) is 3.06. The molecule has 0 saturated carbocycles. The molecule has 0 N–H and O–H groups in total. The highest BCUT2D eigenvalue weighted by atomic mass is 16.7. The Hall–Kier alpha value is -0.650. The molecule has 3 aliphatic heterocycles. The summed E-state index contributed by atoms with van der Waals surface area (Å²) in [7, 11) is 0. The van der Waals surface area contributed by atoms with Gasteiger partial charge in [-0.3, -0.25) is 4.79 Å². The zero-order chi connectivity index (χ0) is 11.7. The quantitative estimate of drug-likeness (QED) is 0.672. The first-order valence-electron chi connectivity index (χ1n) is 6.47. The van der Waals surface area contributed by atoms with Crippen LogP contribution in [0.15, 0.2) is 0 Å². The molecule has 1 amide bonds. The van der Waals surface area contributed by atoms with Gasteiger partial charge >= 0.3 is 0 Å². The van der Waals surface area contributed by atoms with E-state index in [4.69, 9.17) is 14.2 Å². The Morgan fingerprint density at radius 3 is 2.71 bits per heavy atom. The van der Waals surface area contributed by atoms with Crippen LogP contribution >= 0.6 is 0 Å². The normalized spacial score (nSPS) is 32.2. The van der Waals surface area contributed by atoms with Gasteiger partial charge in [-0.2, -0.15) is 0 Å². The van der Waals surface area contributed by atoms with Crippen molar-refractivity contribution in [3.63, 3.8) is 0 Å². The Labute approximate surface area is 101 Å². The van der Waals surface area contributed by atoms with Crippen molar-refractivity contribution in [1.29, 1.82) is 0 Å². The van der Waals surface area contributed by atoms with Crippen molar-refractivity contribution in [3.8, 4) is 0 Å². The predicted octanol–water partition coefficient (Wildman–Crippen LogP) is 0.531. The highest BCUT2D eigenvalue weighted by Gasteiger charge is 2.43. The molecule has 1 unspecified atom stereocenters. The Morgan fingerprint density at radius 2 is 2.00 bits per heavy atom. The third-order valence-corrected chi connectivity index (χ3v) is 3.75. The number of amides is 1. The van der Waals surface area contributed by atoms with Crippen molar-refractivity contribution in [2.75, 3.05) is 32.9 Å². The van der Waals surface area contributed by atoms with E-state index in [1.165, 1.54) is 0 Å². The van der Waals surface area contributed by atoms with Crippen LogP contribution in [0, 0.1) is 0 Å². The van der Waals surface area contributed by atoms with Gasteiger partial charge in [-0.15, -0.1) is 0 Å². The molecule has 1 atom stereocenters. The minimum atomic E-state index is -0.521. The number of ether oxygens (including phenoxy) is 3. The van der Waals surface area contributed by atoms with Gasteiger partial charge in [0.2, 0.25) is 0 Å². The zero-order valence-electron chi connectivity index (χ0n) is 10.0. The van der Waals surface area contributed by atoms with Gasteiger partial charge in [0.1, 0.15) is 6.10 Å². The third kappa shape index (κ3) is 2.19. The van der Waals surface area contributed by atoms with E-state index in [1.807, 2.05) is 4.90 Å². The summed E-state index contributed by atoms with van der Waals surface area (Å²) in [6.07, 6.45) is 3.44. The Morgan fingerprint density at radius 1 is 1.18 bits per heavy atom. The molecule has 0 aromatic heterocycles. The van der Waals surface area contributed by atoms with Crippen molar-refractivity contribution in [2.24, 2.45) is 0 Å². The fourth-order valence-corrected chi connectivity index (χ4v) is 2.88. The number of piperidine rings is 1. The van der Waals surface area contributed by atoms with Crippen molar-refractivity contribution < 1.29 is 19.0 Å². The maximum absolute atomic E-state index is 12.2. The summed E-state index contributed by atoms with van der Waals surface area (Å²) in [6, 6.07) is 0. The lowest BCUT2D eigenvalue weighted by atomic mass is 10.0. The number of rotatable bonds is 1. The lowest BCUT2D eigenvalue weighted by Crippen LogP contribution is -2.53. The van der Waals surface area contributed by atoms with Crippen LogP contribution in [0.4, 0.5) is 0 Å². The summed E-state index contributed by atoms with van der Waals surface area (Å²) >= 11 is 0. The molecule has 96 valence electrons. The summed E-state index contributed by atoms with van der Waals surface area (Å²) in [5.41, 5.74) is 0. The van der Waals surface area contributed by atoms with E-state index in [0.29, 0.717) is 26.4 Å². The van der Waals surface area contributed by atoms with Crippen molar-refractivity contribution in [3.05, 3.63) is 0 Å². The van der Waals surface area contributed by atoms with Crippen LogP contribution in [0.25, 0.3) is 0 Å². The van der Waals surface area contributed by atoms with E-state index < -0.39 is 5.79 Å². The number of carbonyl (C=O) groups is 1. The molecule has 3 saturated heterocycles. The minimum Gasteiger partial charge on any atom is -0.368 e. The molecule has 5 heteroatoms. The molecule has 3 fully saturated rings. The summed E-state index contributed by atoms with van der Waals surface area (Å²) < 4.78 is 16.8. The smallest absolute Gasteiger partial charge is 0.251 e. The highest BCUT2D eigenvalue weighted by Crippen LogP contribution is 2.31. The molecule has 5 nitrogen and oxygen atoms in total. The maximum atomic E-state index is 12.2. The van der Waals surface area contributed by atoms with Gasteiger partial charge < -0.3 is 19.1 Å². The first kappa shape index (κ1) is 11.4. The van der Waals surface area contributed by atoms with Crippen LogP contribution in [-0.4, -0.2) is 55.6 Å². The van der Waals surface area contributed by atoms with E-state index in [2.05, 4.69) is 0 Å². The number of nitrogens with zero attached hydrogens (tertiary/aromatic N) is 1. The average Bonchev–Trinajstić information content (AvgIpc) is 3.00. The molecular weight excluding hydrogens is 222 g/mol. The van der Waals surface area contributed by atoms with E-state index in [1.54, 1.807) is 0 Å². The second-order valence-corrected chi connectivity index (χ2v) is 4.97. The van der Waals surface area contributed by atoms with Gasteiger partial charge in [-0.1, -0.05) is 0 Å². The third-order valence-electron chi connectivity index (χ3n) is 3.75. The van der Waals surface area contributed by atoms with Gasteiger partial charge in [-0.05, 0) is 19.3 Å². The second kappa shape index (κ2) is 4.55. The maximum Gasteiger partial charge on any atom is 0.251 e. The molecule has 0 aromatic rings. The predicted molar refractivity (Wildman–Crippen MR) is 59.4 cm³/mol. The van der Waals surface area contributed by atoms with Crippen LogP contribution in [0.2, 0.25) is 0 Å². The van der Waals surface area contributed by atoms with E-state index in [0.717, 1.165) is 32.2 Å². The molecule has 17 heavy (non-hydrogen) atoms. The first-order chi connectivity index (χ1) is 8.29. The van der Waals surface area contributed by atoms with Crippen LogP contribution in [-0.2, 0) is 19.0 Å². The number of hydrogen-bond donors (Lipinski definition) is 0. The number of likely N-dealkylation sites (tertiary alicyclic amines) is 1. The molecule has 0 aromatic carbocycles. The molecule has 0 radical (unpaired) electrons. The molecule has 3 heterocycles. The summed E-state index contributed by atoms with van der Waals surface area (Å²) in [5.74, 6) is -0.410. The standard InChI is InChI=1S/C12H19NO4/c14-11(10-3-1-6-15-10)13-5-2-4-12(9-13)16-7-8-17-12/h10H,1-9H2. The topological polar surface area (TPSA) is 48.0 Å². The summed E-state index contributed by atoms with van der Waals surface area (Å²) in [4.78, 5) is 14.1. The molecular formula is C12H19NO4. The number of carbonyl (C=O) groups excluding carboxylic acids is 1. The van der Waals surface area contributed by atoms with Crippen molar-refractivity contribution in [2.45, 2.75) is 37.6 Å². The van der Waals surface area contributed by atoms with Gasteiger partial charge in [0.15, 0.2) is 5.79 Å². The molecule has 3 aliphatic rings. The van der Waals surface area contributed by atoms with Crippen molar-refractivity contribution >= 4 is 5.91 Å². The molecule has 1 spiro atoms. The van der Waals surface area contributed by atoms with E-state index in [9.17, 15) is 4.79 Å². The van der Waals surface area contributed by atoms with Gasteiger partial charge in [-0.25, -0.2) is 0 Å². The SMILES string of the molecule is O=C(C1CCCO1)N1CCCC2(C1)OCCO2. The first-order valence-corrected chi connectivity index (χ1v) is 6.47. The summed E-state index contributed by atoms with van der Waals surface area (Å²) in [6.45, 7) is 3.35. The van der Waals surface area contributed by atoms with Crippen molar-refractivity contribution in [1.82, 2.24) is 4.90 Å². The van der Waals surface area contributed by atoms with Crippen LogP contribution in [0.1, 0.15) is 25.7 Å². The zero-order valence-corrected chi connectivity index (χ0v) is 10.0. The second-order valence-electron chi connectivity index (χ2n) is 4.97. The van der Waals surface area contributed by atoms with Gasteiger partial charge in [0.05, 0.1) is 19.8 Å².